The van der Waals surface area contributed by atoms with E-state index < -0.39 is 0 Å². The van der Waals surface area contributed by atoms with Gasteiger partial charge in [-0.3, -0.25) is 13.9 Å². The molecular weight excluding hydrogens is 208 g/mol. The van der Waals surface area contributed by atoms with E-state index in [0.717, 1.165) is 4.57 Å². The molecule has 0 aromatic carbocycles. The van der Waals surface area contributed by atoms with Gasteiger partial charge in [-0.1, -0.05) is 0 Å². The molecule has 0 radical (unpaired) electrons. The van der Waals surface area contributed by atoms with Gasteiger partial charge in [0, 0.05) is 20.1 Å². The Morgan fingerprint density at radius 1 is 1.19 bits per heavy atom. The van der Waals surface area contributed by atoms with Crippen molar-refractivity contribution in [2.75, 3.05) is 0 Å². The van der Waals surface area contributed by atoms with E-state index >= 15 is 0 Å². The van der Waals surface area contributed by atoms with Gasteiger partial charge in [-0.15, -0.1) is 0 Å². The van der Waals surface area contributed by atoms with E-state index in [-0.39, 0.29) is 17.3 Å². The van der Waals surface area contributed by atoms with Crippen molar-refractivity contribution in [2.45, 2.75) is 19.9 Å². The maximum Gasteiger partial charge on any atom is 0.332 e. The molecule has 0 aliphatic heterocycles. The zero-order chi connectivity index (χ0) is 12.0. The number of aryl methyl sites for hydroxylation is 1. The lowest BCUT2D eigenvalue weighted by atomic mass is 10.4. The summed E-state index contributed by atoms with van der Waals surface area (Å²) < 4.78 is 4.22. The maximum absolute atomic E-state index is 11.8. The fourth-order valence-electron chi connectivity index (χ4n) is 1.80. The highest BCUT2D eigenvalue weighted by molar-refractivity contribution is 5.73. The van der Waals surface area contributed by atoms with Gasteiger partial charge >= 0.3 is 5.69 Å². The Morgan fingerprint density at radius 2 is 1.81 bits per heavy atom. The van der Waals surface area contributed by atoms with Gasteiger partial charge in [-0.05, 0) is 13.8 Å². The summed E-state index contributed by atoms with van der Waals surface area (Å²) in [4.78, 5) is 23.6. The summed E-state index contributed by atoms with van der Waals surface area (Å²) in [5, 5.41) is 4.61. The lowest BCUT2D eigenvalue weighted by molar-refractivity contribution is 0.534. The van der Waals surface area contributed by atoms with Gasteiger partial charge in [-0.2, -0.15) is 5.10 Å². The van der Waals surface area contributed by atoms with E-state index in [2.05, 4.69) is 5.10 Å². The molecule has 0 aliphatic carbocycles. The van der Waals surface area contributed by atoms with Crippen LogP contribution in [-0.4, -0.2) is 18.9 Å². The Bertz CT molecular complexity index is 660. The molecule has 0 N–H and O–H groups in total. The number of hydrogen-bond donors (Lipinski definition) is 0. The predicted molar refractivity (Wildman–Crippen MR) is 60.6 cm³/mol. The van der Waals surface area contributed by atoms with Crippen molar-refractivity contribution < 1.29 is 0 Å². The van der Waals surface area contributed by atoms with Crippen molar-refractivity contribution in [1.29, 1.82) is 0 Å². The van der Waals surface area contributed by atoms with E-state index in [1.165, 1.54) is 17.8 Å². The van der Waals surface area contributed by atoms with Gasteiger partial charge in [0.25, 0.3) is 5.56 Å². The van der Waals surface area contributed by atoms with Crippen molar-refractivity contribution in [3.05, 3.63) is 27.0 Å². The fraction of sp³-hybridized carbons (Fsp3) is 0.500. The number of hydrogen-bond acceptors (Lipinski definition) is 3. The van der Waals surface area contributed by atoms with Crippen LogP contribution in [0.25, 0.3) is 11.0 Å². The zero-order valence-electron chi connectivity index (χ0n) is 9.76. The summed E-state index contributed by atoms with van der Waals surface area (Å²) in [5.41, 5.74) is -0.0620. The number of aromatic nitrogens is 4. The number of nitrogens with zero attached hydrogens (tertiary/aromatic N) is 4. The van der Waals surface area contributed by atoms with Gasteiger partial charge in [0.2, 0.25) is 0 Å². The molecule has 6 nitrogen and oxygen atoms in total. The van der Waals surface area contributed by atoms with Crippen molar-refractivity contribution in [3.8, 4) is 0 Å². The minimum absolute atomic E-state index is 0.107. The third-order valence-electron chi connectivity index (χ3n) is 2.68. The van der Waals surface area contributed by atoms with Crippen molar-refractivity contribution in [3.63, 3.8) is 0 Å². The Balaban J connectivity index is 3.07. The minimum Gasteiger partial charge on any atom is -0.281 e. The fourth-order valence-corrected chi connectivity index (χ4v) is 1.80. The van der Waals surface area contributed by atoms with Crippen LogP contribution in [0.1, 0.15) is 19.9 Å². The van der Waals surface area contributed by atoms with Gasteiger partial charge in [-0.25, -0.2) is 9.48 Å². The van der Waals surface area contributed by atoms with Crippen LogP contribution in [0.15, 0.2) is 15.8 Å². The van der Waals surface area contributed by atoms with Crippen LogP contribution >= 0.6 is 0 Å². The number of rotatable bonds is 1. The third-order valence-corrected chi connectivity index (χ3v) is 2.68. The molecule has 0 atom stereocenters. The summed E-state index contributed by atoms with van der Waals surface area (Å²) in [5.74, 6) is 0. The molecule has 0 fully saturated rings. The molecule has 2 aromatic heterocycles. The summed E-state index contributed by atoms with van der Waals surface area (Å²) in [7, 11) is 3.11. The second-order valence-electron chi connectivity index (χ2n) is 4.13. The summed E-state index contributed by atoms with van der Waals surface area (Å²) in [6, 6.07) is 0.107. The maximum atomic E-state index is 11.8. The molecule has 0 amide bonds. The molecule has 2 heterocycles. The molecule has 0 saturated carbocycles. The summed E-state index contributed by atoms with van der Waals surface area (Å²) in [6.07, 6.45) is 1.51. The molecule has 16 heavy (non-hydrogen) atoms. The molecule has 6 heteroatoms. The van der Waals surface area contributed by atoms with Crippen LogP contribution < -0.4 is 11.2 Å². The standard InChI is InChI=1S/C10H14N4O2/c1-6(2)14-8-7(5-11-14)9(15)13(4)10(16)12(8)3/h5-6H,1-4H3. The van der Waals surface area contributed by atoms with Crippen LogP contribution in [0.4, 0.5) is 0 Å². The Morgan fingerprint density at radius 3 is 2.38 bits per heavy atom. The first-order chi connectivity index (χ1) is 7.45. The lowest BCUT2D eigenvalue weighted by Gasteiger charge is -2.10. The van der Waals surface area contributed by atoms with E-state index in [1.807, 2.05) is 13.8 Å². The quantitative estimate of drug-likeness (QED) is 0.683. The van der Waals surface area contributed by atoms with Gasteiger partial charge < -0.3 is 0 Å². The van der Waals surface area contributed by atoms with Crippen LogP contribution in [-0.2, 0) is 14.1 Å². The molecule has 2 rings (SSSR count). The van der Waals surface area contributed by atoms with Crippen molar-refractivity contribution in [1.82, 2.24) is 18.9 Å². The topological polar surface area (TPSA) is 61.8 Å². The highest BCUT2D eigenvalue weighted by Crippen LogP contribution is 2.11. The van der Waals surface area contributed by atoms with Crippen LogP contribution in [0.3, 0.4) is 0 Å². The second kappa shape index (κ2) is 3.33. The average molecular weight is 222 g/mol. The first-order valence-electron chi connectivity index (χ1n) is 5.08. The molecule has 0 spiro atoms. The van der Waals surface area contributed by atoms with Crippen molar-refractivity contribution in [2.24, 2.45) is 14.1 Å². The Hall–Kier alpha value is -1.85. The molecule has 0 saturated heterocycles. The molecule has 86 valence electrons. The Kier molecular flexibility index (Phi) is 2.22. The van der Waals surface area contributed by atoms with Gasteiger partial charge in [0.05, 0.1) is 6.20 Å². The average Bonchev–Trinajstić information content (AvgIpc) is 2.67. The minimum atomic E-state index is -0.333. The monoisotopic (exact) mass is 222 g/mol. The van der Waals surface area contributed by atoms with Crippen LogP contribution in [0, 0.1) is 0 Å². The summed E-state index contributed by atoms with van der Waals surface area (Å²) in [6.45, 7) is 3.91. The van der Waals surface area contributed by atoms with E-state index in [4.69, 9.17) is 0 Å². The molecule has 0 bridgehead atoms. The van der Waals surface area contributed by atoms with Crippen molar-refractivity contribution >= 4 is 11.0 Å². The highest BCUT2D eigenvalue weighted by Gasteiger charge is 2.14. The predicted octanol–water partition coefficient (Wildman–Crippen LogP) is 0.0146. The highest BCUT2D eigenvalue weighted by atomic mass is 16.2. The van der Waals surface area contributed by atoms with Gasteiger partial charge in [0.15, 0.2) is 0 Å². The molecule has 0 aliphatic rings. The van der Waals surface area contributed by atoms with E-state index in [1.54, 1.807) is 11.7 Å². The lowest BCUT2D eigenvalue weighted by Crippen LogP contribution is -2.37. The normalized spacial score (nSPS) is 11.6. The zero-order valence-corrected chi connectivity index (χ0v) is 9.76. The smallest absolute Gasteiger partial charge is 0.281 e. The molecule has 2 aromatic rings. The van der Waals surface area contributed by atoms with Gasteiger partial charge in [0.1, 0.15) is 11.0 Å². The Labute approximate surface area is 91.7 Å². The van der Waals surface area contributed by atoms with Crippen LogP contribution in [0.5, 0.6) is 0 Å². The van der Waals surface area contributed by atoms with E-state index in [9.17, 15) is 9.59 Å². The van der Waals surface area contributed by atoms with E-state index in [0.29, 0.717) is 11.0 Å². The third kappa shape index (κ3) is 1.22. The molecular formula is C10H14N4O2. The molecule has 0 unspecified atom stereocenters. The van der Waals surface area contributed by atoms with Crippen LogP contribution in [0.2, 0.25) is 0 Å². The largest absolute Gasteiger partial charge is 0.332 e. The first kappa shape index (κ1) is 10.7. The SMILES string of the molecule is CC(C)n1ncc2c(=O)n(C)c(=O)n(C)c21. The second-order valence-corrected chi connectivity index (χ2v) is 4.13. The summed E-state index contributed by atoms with van der Waals surface area (Å²) >= 11 is 0. The first-order valence-corrected chi connectivity index (χ1v) is 5.08. The number of fused-ring (bicyclic) bond motifs is 1.